The molecule has 8 nitrogen and oxygen atoms in total. The SMILES string of the molecule is CCN(CC)C(=O)C1=C(C)NC(=S)N[C@H]1c1ccc(O)c([N+](=O)[O-])c1. The molecule has 1 aromatic rings. The van der Waals surface area contributed by atoms with Crippen LogP contribution in [-0.2, 0) is 4.79 Å². The van der Waals surface area contributed by atoms with E-state index in [4.69, 9.17) is 12.2 Å². The van der Waals surface area contributed by atoms with Gasteiger partial charge in [0.15, 0.2) is 10.9 Å². The molecule has 1 heterocycles. The lowest BCUT2D eigenvalue weighted by Crippen LogP contribution is -2.47. The molecule has 0 fully saturated rings. The summed E-state index contributed by atoms with van der Waals surface area (Å²) in [4.78, 5) is 25.0. The standard InChI is InChI=1S/C16H20N4O4S/c1-4-19(5-2)15(22)13-9(3)17-16(25)18-14(13)10-6-7-12(21)11(8-10)20(23)24/h6-8,14,21H,4-5H2,1-3H3,(H2,17,18,25)/t14-/m0/s1. The van der Waals surface area contributed by atoms with E-state index in [1.165, 1.54) is 18.2 Å². The third kappa shape index (κ3) is 3.71. The average Bonchev–Trinajstić information content (AvgIpc) is 2.55. The van der Waals surface area contributed by atoms with Gasteiger partial charge in [0.05, 0.1) is 16.5 Å². The number of phenols is 1. The number of aromatic hydroxyl groups is 1. The number of phenolic OH excluding ortho intramolecular Hbond substituents is 1. The van der Waals surface area contributed by atoms with Crippen LogP contribution in [-0.4, -0.2) is 39.0 Å². The van der Waals surface area contributed by atoms with E-state index in [2.05, 4.69) is 10.6 Å². The highest BCUT2D eigenvalue weighted by molar-refractivity contribution is 7.80. The maximum Gasteiger partial charge on any atom is 0.311 e. The fourth-order valence-electron chi connectivity index (χ4n) is 2.77. The normalized spacial score (nSPS) is 16.9. The molecule has 1 amide bonds. The number of nitro groups is 1. The number of benzene rings is 1. The lowest BCUT2D eigenvalue weighted by atomic mass is 9.94. The Morgan fingerprint density at radius 1 is 1.40 bits per heavy atom. The van der Waals surface area contributed by atoms with Gasteiger partial charge in [-0.15, -0.1) is 0 Å². The smallest absolute Gasteiger partial charge is 0.311 e. The summed E-state index contributed by atoms with van der Waals surface area (Å²) in [6.45, 7) is 6.59. The number of hydrogen-bond acceptors (Lipinski definition) is 5. The van der Waals surface area contributed by atoms with Crippen molar-refractivity contribution < 1.29 is 14.8 Å². The topological polar surface area (TPSA) is 108 Å². The van der Waals surface area contributed by atoms with Crippen LogP contribution in [0.3, 0.4) is 0 Å². The third-order valence-electron chi connectivity index (χ3n) is 4.08. The molecule has 1 atom stereocenters. The zero-order valence-corrected chi connectivity index (χ0v) is 15.0. The highest BCUT2D eigenvalue weighted by atomic mass is 32.1. The molecular formula is C16H20N4O4S. The Morgan fingerprint density at radius 2 is 2.04 bits per heavy atom. The number of nitrogens with zero attached hydrogens (tertiary/aromatic N) is 2. The summed E-state index contributed by atoms with van der Waals surface area (Å²) in [5.41, 5.74) is 1.10. The molecule has 25 heavy (non-hydrogen) atoms. The van der Waals surface area contributed by atoms with Gasteiger partial charge in [-0.05, 0) is 44.6 Å². The Labute approximate surface area is 150 Å². The molecule has 0 radical (unpaired) electrons. The van der Waals surface area contributed by atoms with Crippen molar-refractivity contribution in [3.63, 3.8) is 0 Å². The fraction of sp³-hybridized carbons (Fsp3) is 0.375. The number of hydrogen-bond donors (Lipinski definition) is 3. The van der Waals surface area contributed by atoms with E-state index >= 15 is 0 Å². The molecule has 9 heteroatoms. The molecule has 1 aliphatic heterocycles. The second-order valence-corrected chi connectivity index (χ2v) is 5.96. The Morgan fingerprint density at radius 3 is 2.60 bits per heavy atom. The molecule has 0 aliphatic carbocycles. The van der Waals surface area contributed by atoms with E-state index in [1.54, 1.807) is 11.8 Å². The van der Waals surface area contributed by atoms with Crippen molar-refractivity contribution >= 4 is 28.9 Å². The largest absolute Gasteiger partial charge is 0.502 e. The molecule has 134 valence electrons. The fourth-order valence-corrected chi connectivity index (χ4v) is 3.05. The summed E-state index contributed by atoms with van der Waals surface area (Å²) >= 11 is 5.17. The predicted molar refractivity (Wildman–Crippen MR) is 97.0 cm³/mol. The number of nitrogens with one attached hydrogen (secondary N) is 2. The van der Waals surface area contributed by atoms with Gasteiger partial charge < -0.3 is 20.6 Å². The highest BCUT2D eigenvalue weighted by Crippen LogP contribution is 2.33. The molecule has 0 aromatic heterocycles. The van der Waals surface area contributed by atoms with Crippen LogP contribution in [0, 0.1) is 10.1 Å². The van der Waals surface area contributed by atoms with Gasteiger partial charge in [-0.1, -0.05) is 6.07 Å². The summed E-state index contributed by atoms with van der Waals surface area (Å²) in [6, 6.07) is 3.40. The van der Waals surface area contributed by atoms with Crippen LogP contribution >= 0.6 is 12.2 Å². The molecular weight excluding hydrogens is 344 g/mol. The first kappa shape index (κ1) is 18.7. The predicted octanol–water partition coefficient (Wildman–Crippen LogP) is 1.96. The maximum absolute atomic E-state index is 12.9. The van der Waals surface area contributed by atoms with Gasteiger partial charge in [-0.2, -0.15) is 0 Å². The molecule has 0 saturated carbocycles. The highest BCUT2D eigenvalue weighted by Gasteiger charge is 2.33. The van der Waals surface area contributed by atoms with E-state index in [1.807, 2.05) is 13.8 Å². The van der Waals surface area contributed by atoms with Gasteiger partial charge in [-0.25, -0.2) is 0 Å². The monoisotopic (exact) mass is 364 g/mol. The minimum absolute atomic E-state index is 0.175. The first-order chi connectivity index (χ1) is 11.8. The van der Waals surface area contributed by atoms with E-state index in [0.29, 0.717) is 35.0 Å². The zero-order valence-electron chi connectivity index (χ0n) is 14.2. The van der Waals surface area contributed by atoms with Crippen LogP contribution in [0.2, 0.25) is 0 Å². The number of allylic oxidation sites excluding steroid dienone is 1. The molecule has 1 aliphatic rings. The van der Waals surface area contributed by atoms with Gasteiger partial charge in [0.2, 0.25) is 0 Å². The van der Waals surface area contributed by atoms with E-state index in [-0.39, 0.29) is 5.91 Å². The van der Waals surface area contributed by atoms with Crippen molar-refractivity contribution in [3.8, 4) is 5.75 Å². The van der Waals surface area contributed by atoms with Crippen LogP contribution < -0.4 is 10.6 Å². The van der Waals surface area contributed by atoms with Gasteiger partial charge in [-0.3, -0.25) is 14.9 Å². The van der Waals surface area contributed by atoms with Crippen molar-refractivity contribution in [1.82, 2.24) is 15.5 Å². The van der Waals surface area contributed by atoms with Crippen molar-refractivity contribution in [2.75, 3.05) is 13.1 Å². The quantitative estimate of drug-likeness (QED) is 0.416. The third-order valence-corrected chi connectivity index (χ3v) is 4.30. The number of carbonyl (C=O) groups is 1. The van der Waals surface area contributed by atoms with Gasteiger partial charge >= 0.3 is 5.69 Å². The molecule has 0 saturated heterocycles. The first-order valence-electron chi connectivity index (χ1n) is 7.84. The van der Waals surface area contributed by atoms with Gasteiger partial charge in [0, 0.05) is 24.9 Å². The summed E-state index contributed by atoms with van der Waals surface area (Å²) in [7, 11) is 0. The van der Waals surface area contributed by atoms with Crippen molar-refractivity contribution in [2.45, 2.75) is 26.8 Å². The Kier molecular flexibility index (Phi) is 5.58. The Hall–Kier alpha value is -2.68. The summed E-state index contributed by atoms with van der Waals surface area (Å²) in [5, 5.41) is 27.0. The van der Waals surface area contributed by atoms with Crippen LogP contribution in [0.15, 0.2) is 29.5 Å². The van der Waals surface area contributed by atoms with Crippen LogP contribution in [0.5, 0.6) is 5.75 Å². The Bertz CT molecular complexity index is 759. The summed E-state index contributed by atoms with van der Waals surface area (Å²) in [6.07, 6.45) is 0. The van der Waals surface area contributed by atoms with E-state index in [0.717, 1.165) is 0 Å². The number of amides is 1. The molecule has 0 unspecified atom stereocenters. The average molecular weight is 364 g/mol. The lowest BCUT2D eigenvalue weighted by molar-refractivity contribution is -0.385. The maximum atomic E-state index is 12.9. The number of thiocarbonyl (C=S) groups is 1. The van der Waals surface area contributed by atoms with E-state index < -0.39 is 22.4 Å². The number of carbonyl (C=O) groups excluding carboxylic acids is 1. The van der Waals surface area contributed by atoms with Crippen molar-refractivity contribution in [3.05, 3.63) is 45.1 Å². The van der Waals surface area contributed by atoms with Gasteiger partial charge in [0.1, 0.15) is 0 Å². The number of likely N-dealkylation sites (N-methyl/N-ethyl adjacent to an activating group) is 1. The molecule has 3 N–H and O–H groups in total. The van der Waals surface area contributed by atoms with Crippen molar-refractivity contribution in [1.29, 1.82) is 0 Å². The molecule has 2 rings (SSSR count). The molecule has 0 bridgehead atoms. The summed E-state index contributed by atoms with van der Waals surface area (Å²) < 4.78 is 0. The first-order valence-corrected chi connectivity index (χ1v) is 8.25. The molecule has 1 aromatic carbocycles. The number of rotatable bonds is 5. The van der Waals surface area contributed by atoms with Crippen LogP contribution in [0.25, 0.3) is 0 Å². The lowest BCUT2D eigenvalue weighted by Gasteiger charge is -2.33. The van der Waals surface area contributed by atoms with Gasteiger partial charge in [0.25, 0.3) is 5.91 Å². The minimum atomic E-state index is -0.666. The zero-order chi connectivity index (χ0) is 18.7. The van der Waals surface area contributed by atoms with Crippen LogP contribution in [0.1, 0.15) is 32.4 Å². The Balaban J connectivity index is 2.55. The van der Waals surface area contributed by atoms with Crippen LogP contribution in [0.4, 0.5) is 5.69 Å². The van der Waals surface area contributed by atoms with Crippen molar-refractivity contribution in [2.24, 2.45) is 0 Å². The number of nitro benzene ring substituents is 1. The summed E-state index contributed by atoms with van der Waals surface area (Å²) in [5.74, 6) is -0.603. The second-order valence-electron chi connectivity index (χ2n) is 5.55. The minimum Gasteiger partial charge on any atom is -0.502 e. The van der Waals surface area contributed by atoms with E-state index in [9.17, 15) is 20.0 Å². The second kappa shape index (κ2) is 7.47. The molecule has 0 spiro atoms.